The van der Waals surface area contributed by atoms with E-state index >= 15 is 0 Å². The van der Waals surface area contributed by atoms with Crippen LogP contribution in [0.2, 0.25) is 0 Å². The summed E-state index contributed by atoms with van der Waals surface area (Å²) in [6, 6.07) is 0. The fourth-order valence-electron chi connectivity index (χ4n) is 7.43. The Labute approximate surface area is 143 Å². The Bertz CT molecular complexity index is 638. The first-order chi connectivity index (χ1) is 11.2. The van der Waals surface area contributed by atoms with Crippen molar-refractivity contribution in [3.63, 3.8) is 0 Å². The molecule has 0 amide bonds. The molecule has 0 radical (unpaired) electrons. The number of carboxylic acids is 2. The minimum Gasteiger partial charge on any atom is -0.481 e. The standard InChI is InChI=1S/C20H28O4/c1-18-7-3-8-19(2,17(23)24)14(18)6-9-20-10-12(4-5-15(18)20)13(11-20)16(21)22/h11-12,14-15H,3-10H2,1-2H3,(H,21,22)(H,23,24)/t12-,14+,15+,18-,19-,20+/m1/s1. The molecule has 2 bridgehead atoms. The summed E-state index contributed by atoms with van der Waals surface area (Å²) in [4.78, 5) is 23.7. The molecule has 0 aromatic heterocycles. The third-order valence-corrected chi connectivity index (χ3v) is 8.41. The molecule has 24 heavy (non-hydrogen) atoms. The van der Waals surface area contributed by atoms with Gasteiger partial charge in [-0.05, 0) is 80.5 Å². The number of carbonyl (C=O) groups is 2. The van der Waals surface area contributed by atoms with E-state index in [4.69, 9.17) is 0 Å². The zero-order valence-corrected chi connectivity index (χ0v) is 14.7. The van der Waals surface area contributed by atoms with Crippen LogP contribution in [0.1, 0.15) is 65.2 Å². The molecular formula is C20H28O4. The molecule has 4 aliphatic carbocycles. The van der Waals surface area contributed by atoms with Gasteiger partial charge in [0.1, 0.15) is 0 Å². The lowest BCUT2D eigenvalue weighted by Gasteiger charge is -2.63. The Balaban J connectivity index is 1.76. The lowest BCUT2D eigenvalue weighted by molar-refractivity contribution is -0.177. The molecule has 2 N–H and O–H groups in total. The summed E-state index contributed by atoms with van der Waals surface area (Å²) >= 11 is 0. The Morgan fingerprint density at radius 3 is 2.46 bits per heavy atom. The zero-order valence-electron chi connectivity index (χ0n) is 14.7. The smallest absolute Gasteiger partial charge is 0.331 e. The Morgan fingerprint density at radius 2 is 1.79 bits per heavy atom. The van der Waals surface area contributed by atoms with Crippen molar-refractivity contribution in [3.8, 4) is 0 Å². The topological polar surface area (TPSA) is 74.6 Å². The van der Waals surface area contributed by atoms with Crippen LogP contribution in [0.4, 0.5) is 0 Å². The summed E-state index contributed by atoms with van der Waals surface area (Å²) < 4.78 is 0. The maximum Gasteiger partial charge on any atom is 0.331 e. The van der Waals surface area contributed by atoms with Gasteiger partial charge in [0.15, 0.2) is 0 Å². The first-order valence-corrected chi connectivity index (χ1v) is 9.42. The molecule has 0 saturated heterocycles. The van der Waals surface area contributed by atoms with Gasteiger partial charge in [-0.25, -0.2) is 4.79 Å². The van der Waals surface area contributed by atoms with Gasteiger partial charge in [-0.2, -0.15) is 0 Å². The number of rotatable bonds is 2. The largest absolute Gasteiger partial charge is 0.481 e. The van der Waals surface area contributed by atoms with Crippen LogP contribution < -0.4 is 0 Å². The SMILES string of the molecule is C[C@@]12CCC[C@@](C)(C(=O)O)[C@H]1CC[C@]13C=C(C(=O)O)[C@H](CC[C@H]12)C3. The number of fused-ring (bicyclic) bond motifs is 3. The first kappa shape index (κ1) is 16.2. The van der Waals surface area contributed by atoms with Crippen LogP contribution in [0, 0.1) is 34.0 Å². The van der Waals surface area contributed by atoms with Crippen LogP contribution in [0.3, 0.4) is 0 Å². The highest BCUT2D eigenvalue weighted by molar-refractivity contribution is 5.88. The summed E-state index contributed by atoms with van der Waals surface area (Å²) in [5.74, 6) is -0.519. The van der Waals surface area contributed by atoms with Gasteiger partial charge < -0.3 is 10.2 Å². The summed E-state index contributed by atoms with van der Waals surface area (Å²) in [6.45, 7) is 4.27. The molecule has 0 unspecified atom stereocenters. The van der Waals surface area contributed by atoms with Gasteiger partial charge >= 0.3 is 11.9 Å². The van der Waals surface area contributed by atoms with E-state index in [1.807, 2.05) is 6.92 Å². The van der Waals surface area contributed by atoms with Crippen molar-refractivity contribution in [3.05, 3.63) is 11.6 Å². The maximum atomic E-state index is 12.0. The van der Waals surface area contributed by atoms with Crippen molar-refractivity contribution in [2.75, 3.05) is 0 Å². The van der Waals surface area contributed by atoms with E-state index in [1.54, 1.807) is 0 Å². The summed E-state index contributed by atoms with van der Waals surface area (Å²) in [6.07, 6.45) is 9.82. The normalized spacial score (nSPS) is 49.8. The number of aliphatic carboxylic acids is 2. The summed E-state index contributed by atoms with van der Waals surface area (Å²) in [7, 11) is 0. The Kier molecular flexibility index (Phi) is 3.27. The summed E-state index contributed by atoms with van der Waals surface area (Å²) in [5.41, 5.74) is 0.0533. The molecular weight excluding hydrogens is 304 g/mol. The molecule has 6 atom stereocenters. The number of hydrogen-bond acceptors (Lipinski definition) is 2. The first-order valence-electron chi connectivity index (χ1n) is 9.42. The van der Waals surface area contributed by atoms with Crippen molar-refractivity contribution in [2.45, 2.75) is 65.2 Å². The van der Waals surface area contributed by atoms with E-state index in [9.17, 15) is 19.8 Å². The lowest BCUT2D eigenvalue weighted by Crippen LogP contribution is -2.58. The maximum absolute atomic E-state index is 12.0. The predicted octanol–water partition coefficient (Wildman–Crippen LogP) is 4.10. The average Bonchev–Trinajstić information content (AvgIpc) is 2.78. The predicted molar refractivity (Wildman–Crippen MR) is 89.4 cm³/mol. The third-order valence-electron chi connectivity index (χ3n) is 8.41. The van der Waals surface area contributed by atoms with Crippen molar-refractivity contribution in [1.29, 1.82) is 0 Å². The zero-order chi connectivity index (χ0) is 17.3. The molecule has 0 aliphatic heterocycles. The second kappa shape index (κ2) is 4.86. The van der Waals surface area contributed by atoms with Crippen LogP contribution in [0.15, 0.2) is 11.6 Å². The van der Waals surface area contributed by atoms with Gasteiger partial charge in [0.25, 0.3) is 0 Å². The minimum absolute atomic E-state index is 0.0125. The third kappa shape index (κ3) is 1.86. The molecule has 4 aliphatic rings. The molecule has 132 valence electrons. The number of allylic oxidation sites excluding steroid dienone is 1. The van der Waals surface area contributed by atoms with Gasteiger partial charge in [-0.15, -0.1) is 0 Å². The van der Waals surface area contributed by atoms with E-state index in [2.05, 4.69) is 13.0 Å². The fourth-order valence-corrected chi connectivity index (χ4v) is 7.43. The molecule has 4 heteroatoms. The Hall–Kier alpha value is -1.32. The second-order valence-corrected chi connectivity index (χ2v) is 9.34. The van der Waals surface area contributed by atoms with Crippen LogP contribution in [-0.4, -0.2) is 22.2 Å². The lowest BCUT2D eigenvalue weighted by atomic mass is 9.41. The van der Waals surface area contributed by atoms with Crippen LogP contribution in [0.25, 0.3) is 0 Å². The van der Waals surface area contributed by atoms with Crippen LogP contribution in [0.5, 0.6) is 0 Å². The molecule has 0 heterocycles. The molecule has 0 aromatic rings. The Morgan fingerprint density at radius 1 is 1.04 bits per heavy atom. The van der Waals surface area contributed by atoms with Gasteiger partial charge in [0.05, 0.1) is 5.41 Å². The highest BCUT2D eigenvalue weighted by Gasteiger charge is 2.64. The summed E-state index contributed by atoms with van der Waals surface area (Å²) in [5, 5.41) is 19.5. The van der Waals surface area contributed by atoms with Gasteiger partial charge in [-0.3, -0.25) is 4.79 Å². The van der Waals surface area contributed by atoms with Crippen molar-refractivity contribution >= 4 is 11.9 Å². The minimum atomic E-state index is -0.746. The van der Waals surface area contributed by atoms with Crippen molar-refractivity contribution in [2.24, 2.45) is 34.0 Å². The monoisotopic (exact) mass is 332 g/mol. The van der Waals surface area contributed by atoms with Gasteiger partial charge in [0, 0.05) is 5.57 Å². The van der Waals surface area contributed by atoms with E-state index < -0.39 is 17.4 Å². The van der Waals surface area contributed by atoms with Gasteiger partial charge in [-0.1, -0.05) is 19.4 Å². The van der Waals surface area contributed by atoms with E-state index in [1.165, 1.54) is 0 Å². The number of hydrogen-bond donors (Lipinski definition) is 2. The highest BCUT2D eigenvalue weighted by Crippen LogP contribution is 2.70. The van der Waals surface area contributed by atoms with E-state index in [0.717, 1.165) is 51.4 Å². The molecule has 1 spiro atoms. The fraction of sp³-hybridized carbons (Fsp3) is 0.800. The molecule has 3 fully saturated rings. The van der Waals surface area contributed by atoms with Crippen LogP contribution in [-0.2, 0) is 9.59 Å². The average molecular weight is 332 g/mol. The number of carboxylic acid groups (broad SMARTS) is 2. The van der Waals surface area contributed by atoms with E-state index in [0.29, 0.717) is 11.5 Å². The second-order valence-electron chi connectivity index (χ2n) is 9.34. The molecule has 3 saturated carbocycles. The molecule has 0 aromatic carbocycles. The van der Waals surface area contributed by atoms with Crippen molar-refractivity contribution in [1.82, 2.24) is 0 Å². The van der Waals surface area contributed by atoms with Gasteiger partial charge in [0.2, 0.25) is 0 Å². The molecule has 4 rings (SSSR count). The van der Waals surface area contributed by atoms with E-state index in [-0.39, 0.29) is 22.7 Å². The highest BCUT2D eigenvalue weighted by atomic mass is 16.4. The van der Waals surface area contributed by atoms with Crippen LogP contribution >= 0.6 is 0 Å². The van der Waals surface area contributed by atoms with Crippen molar-refractivity contribution < 1.29 is 19.8 Å². The quantitative estimate of drug-likeness (QED) is 0.798. The molecule has 4 nitrogen and oxygen atoms in total.